The molecule has 0 bridgehead atoms. The van der Waals surface area contributed by atoms with Gasteiger partial charge in [-0.25, -0.2) is 9.78 Å². The van der Waals surface area contributed by atoms with E-state index in [1.807, 2.05) is 18.3 Å². The maximum Gasteiger partial charge on any atom is 0.339 e. The van der Waals surface area contributed by atoms with Gasteiger partial charge in [-0.3, -0.25) is 0 Å². The van der Waals surface area contributed by atoms with Crippen molar-refractivity contribution in [3.05, 3.63) is 59.9 Å². The molecule has 2 aromatic heterocycles. The summed E-state index contributed by atoms with van der Waals surface area (Å²) in [4.78, 5) is 16.1. The summed E-state index contributed by atoms with van der Waals surface area (Å²) in [5.41, 5.74) is 8.95. The van der Waals surface area contributed by atoms with E-state index < -0.39 is 5.97 Å². The Hall–Kier alpha value is -3.35. The van der Waals surface area contributed by atoms with Crippen LogP contribution in [0.1, 0.15) is 15.9 Å². The number of carbonyl (C=O) groups is 1. The lowest BCUT2D eigenvalue weighted by Gasteiger charge is -2.00. The van der Waals surface area contributed by atoms with Crippen LogP contribution >= 0.6 is 0 Å². The smallest absolute Gasteiger partial charge is 0.339 e. The lowest BCUT2D eigenvalue weighted by atomic mass is 10.1. The summed E-state index contributed by atoms with van der Waals surface area (Å²) in [7, 11) is 1.34. The summed E-state index contributed by atoms with van der Waals surface area (Å²) < 4.78 is 6.47. The van der Waals surface area contributed by atoms with Gasteiger partial charge in [0.05, 0.1) is 18.4 Å². The van der Waals surface area contributed by atoms with Crippen LogP contribution in [0.4, 0.5) is 0 Å². The van der Waals surface area contributed by atoms with E-state index in [2.05, 4.69) is 10.1 Å². The summed E-state index contributed by atoms with van der Waals surface area (Å²) in [6.45, 7) is 0. The number of amidine groups is 1. The Morgan fingerprint density at radius 1 is 1.17 bits per heavy atom. The fourth-order valence-corrected chi connectivity index (χ4v) is 2.24. The van der Waals surface area contributed by atoms with Gasteiger partial charge in [-0.15, -0.1) is 0 Å². The number of pyridine rings is 1. The minimum atomic E-state index is -0.398. The number of nitrogens with two attached hydrogens (primary N) is 1. The molecule has 3 rings (SSSR count). The highest BCUT2D eigenvalue weighted by molar-refractivity contribution is 5.97. The van der Waals surface area contributed by atoms with Crippen LogP contribution in [0.5, 0.6) is 0 Å². The quantitative estimate of drug-likeness (QED) is 0.253. The maximum absolute atomic E-state index is 11.6. The van der Waals surface area contributed by atoms with Crippen LogP contribution in [0, 0.1) is 0 Å². The van der Waals surface area contributed by atoms with E-state index in [0.29, 0.717) is 16.8 Å². The molecule has 0 unspecified atom stereocenters. The predicted molar refractivity (Wildman–Crippen MR) is 84.5 cm³/mol. The highest BCUT2D eigenvalue weighted by Crippen LogP contribution is 2.20. The van der Waals surface area contributed by atoms with Crippen LogP contribution in [0.15, 0.2) is 53.9 Å². The van der Waals surface area contributed by atoms with Crippen molar-refractivity contribution in [2.45, 2.75) is 0 Å². The Labute approximate surface area is 131 Å². The summed E-state index contributed by atoms with van der Waals surface area (Å²) >= 11 is 0. The molecule has 0 radical (unpaired) electrons. The van der Waals surface area contributed by atoms with E-state index in [4.69, 9.17) is 15.7 Å². The number of esters is 1. The fraction of sp³-hybridized carbons (Fsp3) is 0.0625. The van der Waals surface area contributed by atoms with Gasteiger partial charge in [0.25, 0.3) is 0 Å². The third kappa shape index (κ3) is 2.71. The van der Waals surface area contributed by atoms with Gasteiger partial charge in [0.15, 0.2) is 5.84 Å². The fourth-order valence-electron chi connectivity index (χ4n) is 2.24. The molecule has 0 atom stereocenters. The van der Waals surface area contributed by atoms with Gasteiger partial charge in [0.2, 0.25) is 0 Å². The standard InChI is InChI=1S/C16H14N4O3/c1-23-16(21)12-6-7-14-18-13(9-20(14)8-12)10-2-4-11(5-3-10)15(17)19-22/h2-9,22H,1H3,(H2,17,19). The van der Waals surface area contributed by atoms with E-state index in [9.17, 15) is 4.79 Å². The van der Waals surface area contributed by atoms with E-state index >= 15 is 0 Å². The third-order valence-corrected chi connectivity index (χ3v) is 3.46. The zero-order chi connectivity index (χ0) is 16.4. The Bertz CT molecular complexity index is 897. The average Bonchev–Trinajstić information content (AvgIpc) is 3.03. The van der Waals surface area contributed by atoms with Crippen molar-refractivity contribution in [3.63, 3.8) is 0 Å². The first-order valence-electron chi connectivity index (χ1n) is 6.78. The molecule has 1 aromatic carbocycles. The summed E-state index contributed by atoms with van der Waals surface area (Å²) in [6, 6.07) is 10.6. The van der Waals surface area contributed by atoms with Crippen LogP contribution in [-0.4, -0.2) is 33.5 Å². The molecule has 7 nitrogen and oxygen atoms in total. The first-order chi connectivity index (χ1) is 11.1. The minimum Gasteiger partial charge on any atom is -0.465 e. The third-order valence-electron chi connectivity index (χ3n) is 3.46. The number of oxime groups is 1. The van der Waals surface area contributed by atoms with Crippen LogP contribution < -0.4 is 5.73 Å². The predicted octanol–water partition coefficient (Wildman–Crippen LogP) is 1.88. The Balaban J connectivity index is 1.98. The van der Waals surface area contributed by atoms with Gasteiger partial charge in [0, 0.05) is 23.5 Å². The zero-order valence-electron chi connectivity index (χ0n) is 12.3. The second kappa shape index (κ2) is 5.80. The number of carbonyl (C=O) groups excluding carboxylic acids is 1. The van der Waals surface area contributed by atoms with Gasteiger partial charge in [-0.1, -0.05) is 29.4 Å². The van der Waals surface area contributed by atoms with Crippen LogP contribution in [-0.2, 0) is 4.74 Å². The molecule has 0 saturated heterocycles. The molecule has 3 aromatic rings. The Morgan fingerprint density at radius 2 is 1.87 bits per heavy atom. The topological polar surface area (TPSA) is 102 Å². The number of imidazole rings is 1. The van der Waals surface area contributed by atoms with E-state index in [1.165, 1.54) is 7.11 Å². The first kappa shape index (κ1) is 14.6. The average molecular weight is 310 g/mol. The molecule has 0 amide bonds. The number of rotatable bonds is 3. The number of methoxy groups -OCH3 is 1. The number of hydrogen-bond acceptors (Lipinski definition) is 5. The molecule has 0 aliphatic rings. The molecule has 0 aliphatic heterocycles. The van der Waals surface area contributed by atoms with E-state index in [1.54, 1.807) is 34.9 Å². The van der Waals surface area contributed by atoms with Crippen molar-refractivity contribution in [3.8, 4) is 11.3 Å². The normalized spacial score (nSPS) is 11.6. The summed E-state index contributed by atoms with van der Waals surface area (Å²) in [6.07, 6.45) is 3.49. The Morgan fingerprint density at radius 3 is 2.52 bits per heavy atom. The molecule has 116 valence electrons. The van der Waals surface area contributed by atoms with Crippen LogP contribution in [0.2, 0.25) is 0 Å². The molecule has 0 saturated carbocycles. The number of fused-ring (bicyclic) bond motifs is 1. The van der Waals surface area contributed by atoms with Crippen molar-refractivity contribution >= 4 is 17.5 Å². The maximum atomic E-state index is 11.6. The second-order valence-electron chi connectivity index (χ2n) is 4.86. The molecule has 0 spiro atoms. The molecular formula is C16H14N4O3. The molecule has 0 aliphatic carbocycles. The molecule has 0 fully saturated rings. The molecule has 7 heteroatoms. The number of aromatic nitrogens is 2. The molecular weight excluding hydrogens is 296 g/mol. The number of hydrogen-bond donors (Lipinski definition) is 2. The van der Waals surface area contributed by atoms with Crippen molar-refractivity contribution in [1.29, 1.82) is 0 Å². The van der Waals surface area contributed by atoms with Crippen LogP contribution in [0.25, 0.3) is 16.9 Å². The van der Waals surface area contributed by atoms with Gasteiger partial charge in [-0.2, -0.15) is 0 Å². The van der Waals surface area contributed by atoms with Crippen molar-refractivity contribution < 1.29 is 14.7 Å². The molecule has 23 heavy (non-hydrogen) atoms. The zero-order valence-corrected chi connectivity index (χ0v) is 12.3. The van der Waals surface area contributed by atoms with Crippen molar-refractivity contribution in [2.75, 3.05) is 7.11 Å². The first-order valence-corrected chi connectivity index (χ1v) is 6.78. The SMILES string of the molecule is COC(=O)c1ccc2nc(-c3ccc(C(N)=NO)cc3)cn2c1. The van der Waals surface area contributed by atoms with Crippen LogP contribution in [0.3, 0.4) is 0 Å². The molecule has 2 heterocycles. The van der Waals surface area contributed by atoms with Gasteiger partial charge >= 0.3 is 5.97 Å². The highest BCUT2D eigenvalue weighted by atomic mass is 16.5. The monoisotopic (exact) mass is 310 g/mol. The van der Waals surface area contributed by atoms with E-state index in [0.717, 1.165) is 11.3 Å². The summed E-state index contributed by atoms with van der Waals surface area (Å²) in [5.74, 6) is -0.348. The van der Waals surface area contributed by atoms with E-state index in [-0.39, 0.29) is 5.84 Å². The van der Waals surface area contributed by atoms with Crippen molar-refractivity contribution in [1.82, 2.24) is 9.38 Å². The molecule has 3 N–H and O–H groups in total. The number of nitrogens with zero attached hydrogens (tertiary/aromatic N) is 3. The minimum absolute atomic E-state index is 0.0503. The Kier molecular flexibility index (Phi) is 3.68. The second-order valence-corrected chi connectivity index (χ2v) is 4.86. The van der Waals surface area contributed by atoms with Crippen molar-refractivity contribution in [2.24, 2.45) is 10.9 Å². The lowest BCUT2D eigenvalue weighted by molar-refractivity contribution is 0.0600. The highest BCUT2D eigenvalue weighted by Gasteiger charge is 2.09. The lowest BCUT2D eigenvalue weighted by Crippen LogP contribution is -2.12. The van der Waals surface area contributed by atoms with Gasteiger partial charge in [-0.05, 0) is 12.1 Å². The van der Waals surface area contributed by atoms with Gasteiger partial charge in [0.1, 0.15) is 5.65 Å². The summed E-state index contributed by atoms with van der Waals surface area (Å²) in [5, 5.41) is 11.6. The number of ether oxygens (including phenoxy) is 1. The largest absolute Gasteiger partial charge is 0.465 e. The van der Waals surface area contributed by atoms with Gasteiger partial charge < -0.3 is 20.1 Å². The number of benzene rings is 1.